The third kappa shape index (κ3) is 1.49. The van der Waals surface area contributed by atoms with Crippen LogP contribution in [0.1, 0.15) is 26.7 Å². The molecular weight excluding hydrogens is 152 g/mol. The topological polar surface area (TPSA) is 24.5 Å². The van der Waals surface area contributed by atoms with E-state index >= 15 is 0 Å². The van der Waals surface area contributed by atoms with E-state index < -0.39 is 0 Å². The fraction of sp³-hybridized carbons (Fsp3) is 1.00. The summed E-state index contributed by atoms with van der Waals surface area (Å²) in [5.74, 6) is 0. The monoisotopic (exact) mass is 170 g/mol. The van der Waals surface area contributed by atoms with Gasteiger partial charge in [-0.25, -0.2) is 0 Å². The highest BCUT2D eigenvalue weighted by atomic mass is 16.5. The molecule has 1 N–H and O–H groups in total. The Labute approximate surface area is 74.1 Å². The minimum atomic E-state index is 0.413. The normalized spacial score (nSPS) is 44.0. The fourth-order valence-electron chi connectivity index (χ4n) is 2.12. The highest BCUT2D eigenvalue weighted by molar-refractivity contribution is 4.84. The molecule has 3 heteroatoms. The lowest BCUT2D eigenvalue weighted by molar-refractivity contribution is -0.100. The second-order valence-corrected chi connectivity index (χ2v) is 3.95. The standard InChI is InChI=1S/C9H18N2O/c1-7-3-4-9(8(2)12-7)11-5-10-6-11/h7-10H,3-6H2,1-2H3/t7-,8+,9-/m0/s1. The molecule has 0 spiro atoms. The molecule has 2 rings (SSSR count). The number of nitrogens with one attached hydrogen (secondary N) is 1. The van der Waals surface area contributed by atoms with Gasteiger partial charge >= 0.3 is 0 Å². The molecule has 2 saturated heterocycles. The molecule has 3 nitrogen and oxygen atoms in total. The van der Waals surface area contributed by atoms with Gasteiger partial charge in [0.2, 0.25) is 0 Å². The predicted octanol–water partition coefficient (Wildman–Crippen LogP) is 0.763. The van der Waals surface area contributed by atoms with Crippen molar-refractivity contribution < 1.29 is 4.74 Å². The molecule has 3 atom stereocenters. The third-order valence-electron chi connectivity index (χ3n) is 2.96. The van der Waals surface area contributed by atoms with Crippen LogP contribution >= 0.6 is 0 Å². The maximum Gasteiger partial charge on any atom is 0.0706 e. The fourth-order valence-corrected chi connectivity index (χ4v) is 2.12. The summed E-state index contributed by atoms with van der Waals surface area (Å²) in [6.45, 7) is 6.46. The van der Waals surface area contributed by atoms with Crippen molar-refractivity contribution in [1.82, 2.24) is 10.2 Å². The number of hydrogen-bond acceptors (Lipinski definition) is 3. The summed E-state index contributed by atoms with van der Waals surface area (Å²) in [5, 5.41) is 3.26. The van der Waals surface area contributed by atoms with Crippen molar-refractivity contribution in [3.05, 3.63) is 0 Å². The van der Waals surface area contributed by atoms with E-state index in [1.165, 1.54) is 12.8 Å². The van der Waals surface area contributed by atoms with E-state index in [1.54, 1.807) is 0 Å². The Morgan fingerprint density at radius 1 is 1.25 bits per heavy atom. The molecule has 0 unspecified atom stereocenters. The largest absolute Gasteiger partial charge is 0.374 e. The molecule has 0 saturated carbocycles. The van der Waals surface area contributed by atoms with Crippen molar-refractivity contribution in [1.29, 1.82) is 0 Å². The number of hydrogen-bond donors (Lipinski definition) is 1. The van der Waals surface area contributed by atoms with Gasteiger partial charge in [0.1, 0.15) is 0 Å². The van der Waals surface area contributed by atoms with Gasteiger partial charge in [-0.1, -0.05) is 0 Å². The van der Waals surface area contributed by atoms with Crippen LogP contribution in [0.5, 0.6) is 0 Å². The SMILES string of the molecule is C[C@H]1CC[C@H](N2CNC2)[C@@H](C)O1. The van der Waals surface area contributed by atoms with E-state index in [0.29, 0.717) is 18.2 Å². The predicted molar refractivity (Wildman–Crippen MR) is 47.7 cm³/mol. The van der Waals surface area contributed by atoms with Gasteiger partial charge in [-0.2, -0.15) is 0 Å². The second kappa shape index (κ2) is 3.32. The molecule has 0 aromatic heterocycles. The summed E-state index contributed by atoms with van der Waals surface area (Å²) >= 11 is 0. The van der Waals surface area contributed by atoms with Crippen molar-refractivity contribution in [3.63, 3.8) is 0 Å². The average molecular weight is 170 g/mol. The van der Waals surface area contributed by atoms with Crippen molar-refractivity contribution in [2.24, 2.45) is 0 Å². The molecule has 2 fully saturated rings. The lowest BCUT2D eigenvalue weighted by atomic mass is 9.98. The van der Waals surface area contributed by atoms with Crippen molar-refractivity contribution in [3.8, 4) is 0 Å². The minimum absolute atomic E-state index is 0.413. The van der Waals surface area contributed by atoms with E-state index in [1.807, 2.05) is 0 Å². The van der Waals surface area contributed by atoms with Crippen molar-refractivity contribution in [2.45, 2.75) is 44.9 Å². The van der Waals surface area contributed by atoms with Crippen LogP contribution in [0, 0.1) is 0 Å². The number of rotatable bonds is 1. The van der Waals surface area contributed by atoms with Crippen LogP contribution in [-0.2, 0) is 4.74 Å². The summed E-state index contributed by atoms with van der Waals surface area (Å²) in [6.07, 6.45) is 3.39. The van der Waals surface area contributed by atoms with Gasteiger partial charge in [-0.15, -0.1) is 0 Å². The Balaban J connectivity index is 1.88. The smallest absolute Gasteiger partial charge is 0.0706 e. The summed E-state index contributed by atoms with van der Waals surface area (Å²) in [4.78, 5) is 2.45. The molecule has 2 aliphatic heterocycles. The van der Waals surface area contributed by atoms with Gasteiger partial charge in [0, 0.05) is 6.04 Å². The van der Waals surface area contributed by atoms with Gasteiger partial charge in [0.05, 0.1) is 25.5 Å². The Kier molecular flexibility index (Phi) is 2.35. The Hall–Kier alpha value is -0.120. The van der Waals surface area contributed by atoms with Crippen LogP contribution < -0.4 is 5.32 Å². The van der Waals surface area contributed by atoms with E-state index in [4.69, 9.17) is 4.74 Å². The van der Waals surface area contributed by atoms with Gasteiger partial charge in [-0.05, 0) is 26.7 Å². The molecular formula is C9H18N2O. The number of nitrogens with zero attached hydrogens (tertiary/aromatic N) is 1. The van der Waals surface area contributed by atoms with Crippen LogP contribution in [0.4, 0.5) is 0 Å². The zero-order valence-corrected chi connectivity index (χ0v) is 7.92. The zero-order chi connectivity index (χ0) is 8.55. The molecule has 0 aromatic carbocycles. The molecule has 0 aliphatic carbocycles. The summed E-state index contributed by atoms with van der Waals surface area (Å²) in [5.41, 5.74) is 0. The van der Waals surface area contributed by atoms with Gasteiger partial charge in [-0.3, -0.25) is 10.2 Å². The van der Waals surface area contributed by atoms with Gasteiger partial charge in [0.15, 0.2) is 0 Å². The first-order valence-electron chi connectivity index (χ1n) is 4.87. The van der Waals surface area contributed by atoms with Crippen LogP contribution in [0.2, 0.25) is 0 Å². The van der Waals surface area contributed by atoms with Crippen molar-refractivity contribution >= 4 is 0 Å². The number of ether oxygens (including phenoxy) is 1. The highest BCUT2D eigenvalue weighted by Crippen LogP contribution is 2.24. The first kappa shape index (κ1) is 8.48. The zero-order valence-electron chi connectivity index (χ0n) is 7.92. The molecule has 70 valence electrons. The Bertz CT molecular complexity index is 159. The van der Waals surface area contributed by atoms with Gasteiger partial charge < -0.3 is 4.74 Å². The Morgan fingerprint density at radius 2 is 2.00 bits per heavy atom. The third-order valence-corrected chi connectivity index (χ3v) is 2.96. The second-order valence-electron chi connectivity index (χ2n) is 3.95. The molecule has 2 heterocycles. The first-order chi connectivity index (χ1) is 5.77. The highest BCUT2D eigenvalue weighted by Gasteiger charge is 2.32. The maximum absolute atomic E-state index is 5.79. The summed E-state index contributed by atoms with van der Waals surface area (Å²) < 4.78 is 5.79. The molecule has 12 heavy (non-hydrogen) atoms. The van der Waals surface area contributed by atoms with Crippen LogP contribution in [0.3, 0.4) is 0 Å². The van der Waals surface area contributed by atoms with E-state index in [0.717, 1.165) is 13.3 Å². The Morgan fingerprint density at radius 3 is 2.50 bits per heavy atom. The molecule has 0 bridgehead atoms. The van der Waals surface area contributed by atoms with Crippen molar-refractivity contribution in [2.75, 3.05) is 13.3 Å². The van der Waals surface area contributed by atoms with Crippen LogP contribution in [0.25, 0.3) is 0 Å². The quantitative estimate of drug-likeness (QED) is 0.629. The summed E-state index contributed by atoms with van der Waals surface area (Å²) in [7, 11) is 0. The van der Waals surface area contributed by atoms with Crippen LogP contribution in [-0.4, -0.2) is 36.5 Å². The molecule has 0 amide bonds. The molecule has 0 radical (unpaired) electrons. The van der Waals surface area contributed by atoms with Gasteiger partial charge in [0.25, 0.3) is 0 Å². The molecule has 0 aromatic rings. The summed E-state index contributed by atoms with van der Waals surface area (Å²) in [6, 6.07) is 0.655. The first-order valence-corrected chi connectivity index (χ1v) is 4.87. The lowest BCUT2D eigenvalue weighted by Gasteiger charge is -2.45. The van der Waals surface area contributed by atoms with Crippen LogP contribution in [0.15, 0.2) is 0 Å². The van der Waals surface area contributed by atoms with E-state index in [-0.39, 0.29) is 0 Å². The van der Waals surface area contributed by atoms with E-state index in [2.05, 4.69) is 24.1 Å². The maximum atomic E-state index is 5.79. The molecule has 2 aliphatic rings. The van der Waals surface area contributed by atoms with E-state index in [9.17, 15) is 0 Å². The lowest BCUT2D eigenvalue weighted by Crippen LogP contribution is -2.61. The average Bonchev–Trinajstić information content (AvgIpc) is 1.91. The minimum Gasteiger partial charge on any atom is -0.374 e.